The molecule has 0 N–H and O–H groups in total. The van der Waals surface area contributed by atoms with Crippen molar-refractivity contribution >= 4 is 93.5 Å². The smallest absolute Gasteiger partial charge is 0.165 e. The van der Waals surface area contributed by atoms with Crippen LogP contribution in [0, 0.1) is 0 Å². The van der Waals surface area contributed by atoms with E-state index in [1.54, 1.807) is 0 Å². The second-order valence-corrected chi connectivity index (χ2v) is 28.2. The first kappa shape index (κ1) is 61.8. The van der Waals surface area contributed by atoms with Crippen molar-refractivity contribution < 1.29 is 0 Å². The minimum absolute atomic E-state index is 0.815. The van der Waals surface area contributed by atoms with Crippen molar-refractivity contribution in [2.45, 2.75) is 0 Å². The first-order chi connectivity index (χ1) is 54.2. The van der Waals surface area contributed by atoms with E-state index in [-0.39, 0.29) is 0 Å². The summed E-state index contributed by atoms with van der Waals surface area (Å²) in [6.45, 7) is 0. The fraction of sp³-hybridized carbons (Fsp3) is 0. The average Bonchev–Trinajstić information content (AvgIpc) is 1.53. The van der Waals surface area contributed by atoms with Crippen molar-refractivity contribution in [2.24, 2.45) is 0 Å². The lowest BCUT2D eigenvalue weighted by Crippen LogP contribution is -2.10. The summed E-state index contributed by atoms with van der Waals surface area (Å²) in [5, 5.41) is 7.65. The van der Waals surface area contributed by atoms with Gasteiger partial charge in [0.25, 0.3) is 0 Å². The minimum atomic E-state index is 0.815. The summed E-state index contributed by atoms with van der Waals surface area (Å²) in [5.74, 6) is 0.815. The first-order valence-electron chi connectivity index (χ1n) is 37.3. The molecule has 0 unspecified atom stereocenters. The van der Waals surface area contributed by atoms with Crippen molar-refractivity contribution in [1.29, 1.82) is 0 Å². The molecular weight excluding hydrogens is 1320 g/mol. The van der Waals surface area contributed by atoms with Gasteiger partial charge in [0.1, 0.15) is 5.69 Å². The Balaban J connectivity index is 0.000000137. The Morgan fingerprint density at radius 1 is 0.193 bits per heavy atom. The van der Waals surface area contributed by atoms with Crippen LogP contribution in [-0.4, -0.2) is 28.2 Å². The maximum atomic E-state index is 5.45. The molecule has 5 heterocycles. The van der Waals surface area contributed by atoms with E-state index in [1.807, 2.05) is 18.2 Å². The highest BCUT2D eigenvalue weighted by molar-refractivity contribution is 6.31. The number of hydrogen-bond donors (Lipinski definition) is 0. The third-order valence-electron chi connectivity index (χ3n) is 22.3. The van der Waals surface area contributed by atoms with Crippen molar-refractivity contribution in [1.82, 2.24) is 28.2 Å². The summed E-state index contributed by atoms with van der Waals surface area (Å²) < 4.78 is 9.73. The summed E-state index contributed by atoms with van der Waals surface area (Å²) in [6, 6.07) is 142. The van der Waals surface area contributed by atoms with Gasteiger partial charge >= 0.3 is 0 Å². The first-order valence-corrected chi connectivity index (χ1v) is 37.3. The SMILES string of the molecule is c1ccc(-c2ccc(N(c3ccccc3)c3ccc(-n4c(-c5ccccc5)c5c6c(cccc64)-c4cccc6c4c4c-5cccc4n6-c4ccccc4)cc3)cc2)cc1.c1ccc(-c2nc3ccccc3nc2-n2c(-c3ccccc3)c3c4c(cccc42)-c2cccc4c2c2c-3cccc2n4-c2ccccc2)cc1. The molecule has 0 saturated carbocycles. The van der Waals surface area contributed by atoms with Gasteiger partial charge in [-0.15, -0.1) is 0 Å². The highest BCUT2D eigenvalue weighted by atomic mass is 15.1. The lowest BCUT2D eigenvalue weighted by atomic mass is 9.95. The van der Waals surface area contributed by atoms with E-state index in [2.05, 4.69) is 399 Å². The molecule has 2 aliphatic rings. The fourth-order valence-corrected chi connectivity index (χ4v) is 17.8. The third kappa shape index (κ3) is 9.63. The average molecular weight is 1390 g/mol. The van der Waals surface area contributed by atoms with Crippen LogP contribution in [0.3, 0.4) is 0 Å². The zero-order valence-electron chi connectivity index (χ0n) is 59.2. The Morgan fingerprint density at radius 2 is 0.495 bits per heavy atom. The number of hydrogen-bond acceptors (Lipinski definition) is 3. The monoisotopic (exact) mass is 1390 g/mol. The predicted molar refractivity (Wildman–Crippen MR) is 454 cm³/mol. The maximum Gasteiger partial charge on any atom is 0.165 e. The second-order valence-electron chi connectivity index (χ2n) is 28.2. The summed E-state index contributed by atoms with van der Waals surface area (Å²) >= 11 is 0. The molecule has 0 saturated heterocycles. The van der Waals surface area contributed by atoms with Crippen molar-refractivity contribution in [3.63, 3.8) is 0 Å². The number of fused-ring (bicyclic) bond motifs is 5. The summed E-state index contributed by atoms with van der Waals surface area (Å²) in [4.78, 5) is 13.1. The van der Waals surface area contributed by atoms with E-state index < -0.39 is 0 Å². The predicted octanol–water partition coefficient (Wildman–Crippen LogP) is 26.8. The molecule has 21 aromatic rings. The van der Waals surface area contributed by atoms with Gasteiger partial charge in [0.05, 0.1) is 55.5 Å². The lowest BCUT2D eigenvalue weighted by Gasteiger charge is -2.26. The molecule has 0 aliphatic heterocycles. The van der Waals surface area contributed by atoms with Crippen LogP contribution in [0.1, 0.15) is 0 Å². The molecule has 109 heavy (non-hydrogen) atoms. The Morgan fingerprint density at radius 3 is 0.945 bits per heavy atom. The number of aromatic nitrogens is 6. The Labute approximate surface area is 629 Å². The van der Waals surface area contributed by atoms with E-state index in [9.17, 15) is 0 Å². The highest BCUT2D eigenvalue weighted by Crippen LogP contribution is 2.57. The molecule has 0 fully saturated rings. The Hall–Kier alpha value is -14.7. The summed E-state index contributed by atoms with van der Waals surface area (Å²) in [6.07, 6.45) is 0. The topological polar surface area (TPSA) is 48.7 Å². The van der Waals surface area contributed by atoms with Crippen molar-refractivity contribution in [3.8, 4) is 112 Å². The standard InChI is InChI=1S/C56H37N3.C46H28N4/c1-5-16-38(17-6-1)39-30-32-43(33-31-39)57(41-20-9-3-10-21-41)44-34-36-45(37-35-44)59-51-29-14-25-47-46-24-13-27-49-52(46)54-48(55(53(47)51)56(59)40-18-7-2-8-19-40)26-15-28-50(54)58(49)42-22-11-4-12-23-42;1-4-15-29(16-5-1)44-46(48-36-25-11-10-24-35(36)47-44)50-39-28-13-22-33-32-21-12-26-37-40(32)42-34(43(41(33)39)45(50)30-17-6-2-7-18-30)23-14-27-38(42)49(37)31-19-8-3-9-20-31/h1-37H;1-28H. The van der Waals surface area contributed by atoms with Crippen LogP contribution in [-0.2, 0) is 0 Å². The highest BCUT2D eigenvalue weighted by Gasteiger charge is 2.34. The molecule has 0 atom stereocenters. The number of benzene rings is 16. The van der Waals surface area contributed by atoms with Crippen LogP contribution < -0.4 is 4.90 Å². The molecule has 2 aliphatic carbocycles. The van der Waals surface area contributed by atoms with Crippen LogP contribution in [0.4, 0.5) is 17.1 Å². The van der Waals surface area contributed by atoms with Gasteiger partial charge in [0.15, 0.2) is 5.82 Å². The fourth-order valence-electron chi connectivity index (χ4n) is 17.8. The van der Waals surface area contributed by atoms with Gasteiger partial charge in [-0.2, -0.15) is 0 Å². The van der Waals surface area contributed by atoms with Crippen molar-refractivity contribution in [2.75, 3.05) is 4.90 Å². The maximum absolute atomic E-state index is 5.45. The Bertz CT molecular complexity index is 7150. The molecule has 0 bridgehead atoms. The molecular formula is C102H65N7. The molecule has 16 aromatic carbocycles. The molecule has 0 spiro atoms. The van der Waals surface area contributed by atoms with Crippen LogP contribution in [0.5, 0.6) is 0 Å². The summed E-state index contributed by atoms with van der Waals surface area (Å²) in [5.41, 5.74) is 34.4. The third-order valence-corrected chi connectivity index (χ3v) is 22.3. The van der Waals surface area contributed by atoms with E-state index >= 15 is 0 Å². The van der Waals surface area contributed by atoms with Gasteiger partial charge in [-0.3, -0.25) is 4.57 Å². The van der Waals surface area contributed by atoms with Gasteiger partial charge in [-0.25, -0.2) is 9.97 Å². The zero-order chi connectivity index (χ0) is 71.6. The second kappa shape index (κ2) is 25.0. The van der Waals surface area contributed by atoms with Crippen LogP contribution in [0.15, 0.2) is 394 Å². The van der Waals surface area contributed by atoms with E-state index in [0.29, 0.717) is 0 Å². The van der Waals surface area contributed by atoms with Crippen LogP contribution in [0.25, 0.3) is 189 Å². The number of para-hydroxylation sites is 5. The van der Waals surface area contributed by atoms with Gasteiger partial charge in [0.2, 0.25) is 0 Å². The molecule has 0 radical (unpaired) electrons. The van der Waals surface area contributed by atoms with Crippen LogP contribution in [0.2, 0.25) is 0 Å². The normalized spacial score (nSPS) is 11.9. The molecule has 5 aromatic heterocycles. The zero-order valence-corrected chi connectivity index (χ0v) is 59.2. The van der Waals surface area contributed by atoms with Crippen molar-refractivity contribution in [3.05, 3.63) is 394 Å². The minimum Gasteiger partial charge on any atom is -0.311 e. The number of rotatable bonds is 11. The van der Waals surface area contributed by atoms with Gasteiger partial charge < -0.3 is 18.6 Å². The van der Waals surface area contributed by atoms with E-state index in [4.69, 9.17) is 9.97 Å². The Kier molecular flexibility index (Phi) is 14.2. The molecule has 508 valence electrons. The van der Waals surface area contributed by atoms with Gasteiger partial charge in [-0.1, -0.05) is 273 Å². The molecule has 23 rings (SSSR count). The van der Waals surface area contributed by atoms with Gasteiger partial charge in [0, 0.05) is 83.1 Å². The number of nitrogens with zero attached hydrogens (tertiary/aromatic N) is 7. The van der Waals surface area contributed by atoms with E-state index in [0.717, 1.165) is 73.3 Å². The molecule has 7 nitrogen and oxygen atoms in total. The molecule has 7 heteroatoms. The summed E-state index contributed by atoms with van der Waals surface area (Å²) in [7, 11) is 0. The number of anilines is 3. The van der Waals surface area contributed by atoms with Crippen LogP contribution >= 0.6 is 0 Å². The molecule has 0 amide bonds. The largest absolute Gasteiger partial charge is 0.311 e. The van der Waals surface area contributed by atoms with E-state index in [1.165, 1.54) is 132 Å². The lowest BCUT2D eigenvalue weighted by molar-refractivity contribution is 1.05. The quantitative estimate of drug-likeness (QED) is 0.130. The van der Waals surface area contributed by atoms with Gasteiger partial charge in [-0.05, 0) is 177 Å².